The van der Waals surface area contributed by atoms with E-state index in [0.717, 1.165) is 16.7 Å². The van der Waals surface area contributed by atoms with Crippen molar-refractivity contribution in [1.29, 1.82) is 0 Å². The highest BCUT2D eigenvalue weighted by molar-refractivity contribution is 7.89. The Kier molecular flexibility index (Phi) is 11.4. The third-order valence-corrected chi connectivity index (χ3v) is 9.74. The summed E-state index contributed by atoms with van der Waals surface area (Å²) in [5.74, 6) is -1.19. The van der Waals surface area contributed by atoms with Crippen molar-refractivity contribution in [2.45, 2.75) is 110 Å². The van der Waals surface area contributed by atoms with Gasteiger partial charge in [0.25, 0.3) is 0 Å². The number of hydrogen-bond acceptors (Lipinski definition) is 5. The summed E-state index contributed by atoms with van der Waals surface area (Å²) >= 11 is 0. The molecule has 0 aliphatic rings. The molecule has 0 amide bonds. The van der Waals surface area contributed by atoms with Crippen LogP contribution in [0.25, 0.3) is 0 Å². The van der Waals surface area contributed by atoms with Crippen molar-refractivity contribution >= 4 is 16.0 Å². The zero-order chi connectivity index (χ0) is 29.8. The monoisotopic (exact) mass is 559 g/mol. The maximum Gasteiger partial charge on any atom is 0.311 e. The van der Waals surface area contributed by atoms with E-state index in [-0.39, 0.29) is 23.7 Å². The van der Waals surface area contributed by atoms with Gasteiger partial charge in [-0.25, -0.2) is 8.42 Å². The number of carbonyl (C=O) groups is 1. The molecule has 4 atom stereocenters. The first-order valence-corrected chi connectivity index (χ1v) is 15.5. The van der Waals surface area contributed by atoms with Crippen LogP contribution in [0.15, 0.2) is 47.4 Å². The van der Waals surface area contributed by atoms with Gasteiger partial charge < -0.3 is 9.84 Å². The lowest BCUT2D eigenvalue weighted by Gasteiger charge is -2.34. The lowest BCUT2D eigenvalue weighted by atomic mass is 9.89. The Morgan fingerprint density at radius 3 is 1.69 bits per heavy atom. The van der Waals surface area contributed by atoms with Crippen molar-refractivity contribution in [3.05, 3.63) is 64.7 Å². The van der Waals surface area contributed by atoms with Gasteiger partial charge in [-0.15, -0.1) is 0 Å². The van der Waals surface area contributed by atoms with E-state index in [2.05, 4.69) is 13.8 Å². The van der Waals surface area contributed by atoms with Crippen LogP contribution in [0.2, 0.25) is 0 Å². The van der Waals surface area contributed by atoms with Gasteiger partial charge in [0, 0.05) is 7.05 Å². The molecule has 7 heteroatoms. The molecule has 6 nitrogen and oxygen atoms in total. The molecule has 0 saturated carbocycles. The number of ether oxygens (including phenoxy) is 1. The van der Waals surface area contributed by atoms with Crippen molar-refractivity contribution in [2.75, 3.05) is 7.05 Å². The van der Waals surface area contributed by atoms with Crippen LogP contribution in [0.4, 0.5) is 0 Å². The fourth-order valence-corrected chi connectivity index (χ4v) is 6.80. The summed E-state index contributed by atoms with van der Waals surface area (Å²) in [4.78, 5) is 13.5. The molecule has 2 aromatic rings. The molecule has 0 saturated heterocycles. The van der Waals surface area contributed by atoms with Gasteiger partial charge in [0.15, 0.2) is 0 Å². The smallest absolute Gasteiger partial charge is 0.311 e. The van der Waals surface area contributed by atoms with Crippen molar-refractivity contribution in [1.82, 2.24) is 4.31 Å². The van der Waals surface area contributed by atoms with Crippen LogP contribution < -0.4 is 0 Å². The average molecular weight is 560 g/mol. The predicted molar refractivity (Wildman–Crippen MR) is 158 cm³/mol. The molecule has 0 aromatic heterocycles. The van der Waals surface area contributed by atoms with Gasteiger partial charge in [-0.2, -0.15) is 4.31 Å². The summed E-state index contributed by atoms with van der Waals surface area (Å²) in [6, 6.07) is 12.5. The highest BCUT2D eigenvalue weighted by atomic mass is 32.2. The number of hydrogen-bond donors (Lipinski definition) is 1. The quantitative estimate of drug-likeness (QED) is 0.283. The minimum absolute atomic E-state index is 0.00389. The summed E-state index contributed by atoms with van der Waals surface area (Å²) in [6.07, 6.45) is -1.73. The van der Waals surface area contributed by atoms with Crippen molar-refractivity contribution in [3.8, 4) is 0 Å². The Balaban J connectivity index is 2.63. The Morgan fingerprint density at radius 2 is 1.28 bits per heavy atom. The van der Waals surface area contributed by atoms with Crippen LogP contribution in [-0.4, -0.2) is 43.0 Å². The molecule has 0 aliphatic heterocycles. The Bertz CT molecular complexity index is 1180. The molecule has 0 spiro atoms. The fraction of sp³-hybridized carbons (Fsp3) is 0.594. The summed E-state index contributed by atoms with van der Waals surface area (Å²) in [6.45, 7) is 19.4. The second kappa shape index (κ2) is 13.4. The topological polar surface area (TPSA) is 83.9 Å². The fourth-order valence-electron chi connectivity index (χ4n) is 4.78. The Labute approximate surface area is 236 Å². The number of esters is 1. The number of benzene rings is 2. The first kappa shape index (κ1) is 33.0. The maximum absolute atomic E-state index is 14.4. The minimum Gasteiger partial charge on any atom is -0.455 e. The average Bonchev–Trinajstić information content (AvgIpc) is 2.89. The van der Waals surface area contributed by atoms with Crippen LogP contribution in [-0.2, 0) is 19.6 Å². The zero-order valence-electron chi connectivity index (χ0n) is 25.6. The van der Waals surface area contributed by atoms with Gasteiger partial charge in [-0.3, -0.25) is 4.79 Å². The molecule has 2 aromatic carbocycles. The normalized spacial score (nSPS) is 15.7. The molecule has 2 rings (SSSR count). The molecule has 1 N–H and O–H groups in total. The number of carbonyl (C=O) groups excluding carboxylic acids is 1. The molecule has 0 bridgehead atoms. The van der Waals surface area contributed by atoms with E-state index in [1.54, 1.807) is 20.9 Å². The second-order valence-corrected chi connectivity index (χ2v) is 14.0. The molecule has 0 heterocycles. The molecule has 0 unspecified atom stereocenters. The summed E-state index contributed by atoms with van der Waals surface area (Å²) in [5.41, 5.74) is 3.40. The zero-order valence-corrected chi connectivity index (χ0v) is 26.4. The first-order chi connectivity index (χ1) is 18.0. The lowest BCUT2D eigenvalue weighted by molar-refractivity contribution is -0.161. The van der Waals surface area contributed by atoms with E-state index in [1.165, 1.54) is 4.31 Å². The molecular formula is C32H49NO5S. The maximum atomic E-state index is 14.4. The predicted octanol–water partition coefficient (Wildman–Crippen LogP) is 7.00. The molecule has 0 fully saturated rings. The number of sulfonamides is 1. The molecule has 0 aliphatic carbocycles. The van der Waals surface area contributed by atoms with Gasteiger partial charge in [-0.05, 0) is 59.8 Å². The SMILES string of the molecule is CC(C)c1cc(C(C)C)c(S(=O)(=O)N(C)[C@@H](C)[C@H](OC(=O)[C@H](C)[C@H](O)C(C)C)c2ccccc2)c(C(C)C)c1. The first-order valence-electron chi connectivity index (χ1n) is 14.1. The van der Waals surface area contributed by atoms with Crippen LogP contribution >= 0.6 is 0 Å². The van der Waals surface area contributed by atoms with E-state index < -0.39 is 40.2 Å². The highest BCUT2D eigenvalue weighted by Crippen LogP contribution is 2.38. The summed E-state index contributed by atoms with van der Waals surface area (Å²) in [5, 5.41) is 10.5. The largest absolute Gasteiger partial charge is 0.455 e. The van der Waals surface area contributed by atoms with E-state index in [4.69, 9.17) is 4.74 Å². The summed E-state index contributed by atoms with van der Waals surface area (Å²) in [7, 11) is -2.42. The lowest BCUT2D eigenvalue weighted by Crippen LogP contribution is -2.42. The van der Waals surface area contributed by atoms with Crippen molar-refractivity contribution in [3.63, 3.8) is 0 Å². The van der Waals surface area contributed by atoms with E-state index in [9.17, 15) is 18.3 Å². The number of nitrogens with zero attached hydrogens (tertiary/aromatic N) is 1. The van der Waals surface area contributed by atoms with Gasteiger partial charge in [-0.1, -0.05) is 97.9 Å². The number of rotatable bonds is 12. The third kappa shape index (κ3) is 7.50. The number of aliphatic hydroxyl groups is 1. The van der Waals surface area contributed by atoms with Crippen LogP contribution in [0.3, 0.4) is 0 Å². The van der Waals surface area contributed by atoms with Gasteiger partial charge in [0.2, 0.25) is 10.0 Å². The molecular weight excluding hydrogens is 510 g/mol. The Morgan fingerprint density at radius 1 is 0.795 bits per heavy atom. The van der Waals surface area contributed by atoms with Crippen LogP contribution in [0, 0.1) is 11.8 Å². The van der Waals surface area contributed by atoms with Gasteiger partial charge in [0.1, 0.15) is 6.10 Å². The van der Waals surface area contributed by atoms with E-state index in [1.807, 2.05) is 84.0 Å². The summed E-state index contributed by atoms with van der Waals surface area (Å²) < 4.78 is 36.1. The second-order valence-electron chi connectivity index (χ2n) is 12.0. The van der Waals surface area contributed by atoms with Crippen LogP contribution in [0.5, 0.6) is 0 Å². The van der Waals surface area contributed by atoms with E-state index in [0.29, 0.717) is 10.5 Å². The minimum atomic E-state index is -3.98. The van der Waals surface area contributed by atoms with Crippen molar-refractivity contribution in [2.24, 2.45) is 11.8 Å². The number of aliphatic hydroxyl groups excluding tert-OH is 1. The molecule has 39 heavy (non-hydrogen) atoms. The highest BCUT2D eigenvalue weighted by Gasteiger charge is 2.38. The number of likely N-dealkylation sites (N-methyl/N-ethyl adjacent to an activating group) is 1. The molecule has 0 radical (unpaired) electrons. The Hall–Kier alpha value is -2.22. The molecule has 218 valence electrons. The standard InChI is InChI=1S/C32H49NO5S/c1-19(2)26-17-27(20(3)4)31(28(18-26)21(5)6)39(36,37)33(11)24(10)30(25-15-13-12-14-16-25)38-32(35)23(9)29(34)22(7)8/h12-24,29-30,34H,1-11H3/t23-,24+,29-,30+/m1/s1. The van der Waals surface area contributed by atoms with Gasteiger partial charge >= 0.3 is 5.97 Å². The van der Waals surface area contributed by atoms with Crippen molar-refractivity contribution < 1.29 is 23.1 Å². The third-order valence-electron chi connectivity index (χ3n) is 7.67. The van der Waals surface area contributed by atoms with Crippen LogP contribution in [0.1, 0.15) is 115 Å². The van der Waals surface area contributed by atoms with E-state index >= 15 is 0 Å². The van der Waals surface area contributed by atoms with Gasteiger partial charge in [0.05, 0.1) is 23.0 Å².